The summed E-state index contributed by atoms with van der Waals surface area (Å²) in [5.74, 6) is -2.91. The number of rotatable bonds is 22. The predicted octanol–water partition coefficient (Wildman–Crippen LogP) is 6.41. The van der Waals surface area contributed by atoms with Gasteiger partial charge < -0.3 is 48.1 Å². The zero-order valence-electron chi connectivity index (χ0n) is 49.8. The third-order valence-corrected chi connectivity index (χ3v) is 18.8. The largest absolute Gasteiger partial charge is 0.495 e. The SMILES string of the molecule is COc1cc2cc(c1Cl)N(C)C(=O)C[C@H](OC(=O)[C@@H](C)N(C)C(=O)CCSC1CC(=O)N(CCOC(C)(C)CCOC(C)(C)CCN3C(=O)CC(SC(C)C)C3=O)C1=O)[C@]1(C)O[C@H]1[C@H](C)[C@@H]1C[C@@](O)(NC(=O)O1)[C@H](OC)/C=C/C=C(\C)C2. The van der Waals surface area contributed by atoms with Crippen molar-refractivity contribution in [2.24, 2.45) is 5.92 Å². The second kappa shape index (κ2) is 27.5. The Labute approximate surface area is 495 Å². The summed E-state index contributed by atoms with van der Waals surface area (Å²) in [5.41, 5.74) is -2.49. The molecule has 24 heteroatoms. The normalized spacial score (nSPS) is 28.8. The van der Waals surface area contributed by atoms with Crippen LogP contribution in [-0.4, -0.2) is 196 Å². The highest BCUT2D eigenvalue weighted by Gasteiger charge is 2.64. The van der Waals surface area contributed by atoms with E-state index >= 15 is 0 Å². The molecule has 1 aromatic rings. The van der Waals surface area contributed by atoms with Crippen molar-refractivity contribution >= 4 is 88.3 Å². The molecular weight excluding hydrogens is 1120 g/mol. The molecule has 6 rings (SSSR count). The maximum atomic E-state index is 14.4. The van der Waals surface area contributed by atoms with Gasteiger partial charge in [-0.1, -0.05) is 56.2 Å². The van der Waals surface area contributed by atoms with Crippen molar-refractivity contribution < 1.29 is 76.6 Å². The number of amides is 7. The molecule has 1 aromatic carbocycles. The molecule has 82 heavy (non-hydrogen) atoms. The zero-order valence-corrected chi connectivity index (χ0v) is 52.2. The first-order chi connectivity index (χ1) is 38.3. The van der Waals surface area contributed by atoms with E-state index in [9.17, 15) is 43.5 Å². The van der Waals surface area contributed by atoms with Crippen LogP contribution in [0.5, 0.6) is 5.75 Å². The molecular formula is C58H84ClN5O16S2. The van der Waals surface area contributed by atoms with E-state index in [2.05, 4.69) is 5.32 Å². The van der Waals surface area contributed by atoms with Crippen molar-refractivity contribution in [3.63, 3.8) is 0 Å². The summed E-state index contributed by atoms with van der Waals surface area (Å²) in [7, 11) is 5.87. The Morgan fingerprint density at radius 1 is 0.927 bits per heavy atom. The van der Waals surface area contributed by atoms with Crippen molar-refractivity contribution in [2.75, 3.05) is 65.3 Å². The number of alkyl carbamates (subject to hydrolysis) is 1. The predicted molar refractivity (Wildman–Crippen MR) is 310 cm³/mol. The van der Waals surface area contributed by atoms with E-state index in [4.69, 9.17) is 44.8 Å². The number of halogens is 1. The van der Waals surface area contributed by atoms with Crippen LogP contribution in [0.2, 0.25) is 5.02 Å². The third kappa shape index (κ3) is 16.4. The number of likely N-dealkylation sites (N-methyl/N-ethyl adjacent to an activating group) is 1. The Kier molecular flexibility index (Phi) is 22.3. The van der Waals surface area contributed by atoms with Crippen LogP contribution in [-0.2, 0) is 68.4 Å². The zero-order chi connectivity index (χ0) is 60.8. The van der Waals surface area contributed by atoms with Crippen molar-refractivity contribution in [1.29, 1.82) is 0 Å². The molecule has 0 aromatic heterocycles. The highest BCUT2D eigenvalue weighted by atomic mass is 35.5. The summed E-state index contributed by atoms with van der Waals surface area (Å²) in [5, 5.41) is 13.8. The number of epoxide rings is 1. The van der Waals surface area contributed by atoms with Gasteiger partial charge in [0.05, 0.1) is 66.8 Å². The van der Waals surface area contributed by atoms with Crippen LogP contribution in [0, 0.1) is 5.92 Å². The highest BCUT2D eigenvalue weighted by molar-refractivity contribution is 8.01. The number of carbonyl (C=O) groups is 8. The van der Waals surface area contributed by atoms with Gasteiger partial charge in [0, 0.05) is 65.1 Å². The lowest BCUT2D eigenvalue weighted by Gasteiger charge is -2.42. The number of aliphatic hydroxyl groups is 1. The number of benzene rings is 1. The van der Waals surface area contributed by atoms with Crippen LogP contribution in [0.1, 0.15) is 120 Å². The molecule has 4 fully saturated rings. The van der Waals surface area contributed by atoms with E-state index in [0.717, 1.165) is 11.1 Å². The monoisotopic (exact) mass is 1210 g/mol. The van der Waals surface area contributed by atoms with Crippen molar-refractivity contribution in [3.05, 3.63) is 46.5 Å². The lowest BCUT2D eigenvalue weighted by Crippen LogP contribution is -2.63. The molecule has 21 nitrogen and oxygen atoms in total. The molecule has 0 radical (unpaired) electrons. The number of imide groups is 2. The van der Waals surface area contributed by atoms with Gasteiger partial charge in [-0.05, 0) is 90.7 Å². The molecule has 10 atom stereocenters. The number of ether oxygens (including phenoxy) is 7. The second-order valence-electron chi connectivity index (χ2n) is 23.6. The summed E-state index contributed by atoms with van der Waals surface area (Å²) in [4.78, 5) is 112. The van der Waals surface area contributed by atoms with Crippen molar-refractivity contribution in [2.45, 2.75) is 189 Å². The average molecular weight is 1210 g/mol. The number of fused-ring (bicyclic) bond motifs is 5. The minimum absolute atomic E-state index is 0.0428. The summed E-state index contributed by atoms with van der Waals surface area (Å²) >= 11 is 9.52. The number of hydrogen-bond donors (Lipinski definition) is 2. The fourth-order valence-electron chi connectivity index (χ4n) is 10.5. The number of methoxy groups -OCH3 is 2. The fourth-order valence-corrected chi connectivity index (χ4v) is 13.1. The average Bonchev–Trinajstić information content (AvgIpc) is 3.98. The van der Waals surface area contributed by atoms with Crippen LogP contribution in [0.15, 0.2) is 35.9 Å². The number of esters is 1. The Morgan fingerprint density at radius 2 is 1.56 bits per heavy atom. The molecule has 2 unspecified atom stereocenters. The molecule has 456 valence electrons. The van der Waals surface area contributed by atoms with Gasteiger partial charge in [0.2, 0.25) is 35.4 Å². The lowest BCUT2D eigenvalue weighted by molar-refractivity contribution is -0.162. The van der Waals surface area contributed by atoms with E-state index in [-0.39, 0.29) is 90.3 Å². The van der Waals surface area contributed by atoms with Crippen LogP contribution >= 0.6 is 35.1 Å². The summed E-state index contributed by atoms with van der Waals surface area (Å²) in [6, 6.07) is 2.38. The van der Waals surface area contributed by atoms with E-state index < -0.39 is 94.5 Å². The second-order valence-corrected chi connectivity index (χ2v) is 27.1. The smallest absolute Gasteiger partial charge is 0.409 e. The molecule has 0 saturated carbocycles. The van der Waals surface area contributed by atoms with Gasteiger partial charge in [0.1, 0.15) is 40.7 Å². The number of anilines is 1. The first kappa shape index (κ1) is 66.4. The molecule has 5 aliphatic rings. The van der Waals surface area contributed by atoms with Gasteiger partial charge in [-0.3, -0.25) is 43.9 Å². The molecule has 4 saturated heterocycles. The maximum absolute atomic E-state index is 14.4. The van der Waals surface area contributed by atoms with E-state index in [1.807, 2.05) is 54.5 Å². The van der Waals surface area contributed by atoms with E-state index in [1.54, 1.807) is 45.2 Å². The first-order valence-corrected chi connectivity index (χ1v) is 30.3. The molecule has 0 aliphatic carbocycles. The van der Waals surface area contributed by atoms with Crippen molar-refractivity contribution in [1.82, 2.24) is 20.0 Å². The van der Waals surface area contributed by atoms with E-state index in [1.165, 1.54) is 71.3 Å². The summed E-state index contributed by atoms with van der Waals surface area (Å²) in [6.07, 6.45) is 1.39. The number of nitrogens with zero attached hydrogens (tertiary/aromatic N) is 4. The number of likely N-dealkylation sites (tertiary alicyclic amines) is 2. The van der Waals surface area contributed by atoms with Gasteiger partial charge in [0.15, 0.2) is 5.72 Å². The van der Waals surface area contributed by atoms with Crippen LogP contribution in [0.4, 0.5) is 10.5 Å². The molecule has 0 spiro atoms. The number of allylic oxidation sites excluding steroid dienone is 3. The Morgan fingerprint density at radius 3 is 2.22 bits per heavy atom. The topological polar surface area (TPSA) is 250 Å². The maximum Gasteiger partial charge on any atom is 0.409 e. The standard InChI is InChI=1S/C58H84ClN5O16S2/c1-33(2)82-42-30-48(68)63(52(42)70)21-19-55(6,7)76-23-20-56(8,9)77-24-22-64-47(67)29-41(51(64)69)81-25-18-45(65)61(11)36(5)53(71)79-44-31-46(66)62(12)38-27-37(28-39(74-13)49(38)59)26-34(3)16-15-17-43(75-14)58(73)32-40(78-54(72)60-58)35(4)50-57(44,10)80-50/h15-17,27-28,33,35-36,40-44,50,73H,18-26,29-32H2,1-14H3,(H,60,72)/b17-15+,34-16+/t35-,36-,40+,41?,42?,43-,44+,50+,57+,58+/m1/s1. The molecule has 7 amide bonds. The lowest BCUT2D eigenvalue weighted by atomic mass is 9.83. The summed E-state index contributed by atoms with van der Waals surface area (Å²) < 4.78 is 41.8. The van der Waals surface area contributed by atoms with Crippen molar-refractivity contribution in [3.8, 4) is 5.75 Å². The summed E-state index contributed by atoms with van der Waals surface area (Å²) in [6.45, 7) is 19.2. The Bertz CT molecular complexity index is 2640. The van der Waals surface area contributed by atoms with Gasteiger partial charge in [-0.25, -0.2) is 9.59 Å². The van der Waals surface area contributed by atoms with Crippen LogP contribution in [0.25, 0.3) is 0 Å². The fraction of sp³-hybridized carbons (Fsp3) is 0.690. The molecule has 2 N–H and O–H groups in total. The van der Waals surface area contributed by atoms with Gasteiger partial charge >= 0.3 is 12.1 Å². The minimum Gasteiger partial charge on any atom is -0.495 e. The molecule has 4 bridgehead atoms. The van der Waals surface area contributed by atoms with Crippen LogP contribution < -0.4 is 15.0 Å². The number of nitrogens with one attached hydrogen (secondary N) is 1. The van der Waals surface area contributed by atoms with Crippen LogP contribution in [0.3, 0.4) is 0 Å². The number of thioether (sulfide) groups is 2. The van der Waals surface area contributed by atoms with Gasteiger partial charge in [-0.15, -0.1) is 23.5 Å². The Hall–Kier alpha value is -4.75. The molecule has 5 heterocycles. The van der Waals surface area contributed by atoms with Gasteiger partial charge in [-0.2, -0.15) is 0 Å². The quantitative estimate of drug-likeness (QED) is 0.0723. The van der Waals surface area contributed by atoms with E-state index in [0.29, 0.717) is 37.3 Å². The minimum atomic E-state index is -1.89. The highest BCUT2D eigenvalue weighted by Crippen LogP contribution is 2.49. The Balaban J connectivity index is 1.03. The number of hydrogen-bond acceptors (Lipinski definition) is 18. The molecule has 5 aliphatic heterocycles. The first-order valence-electron chi connectivity index (χ1n) is 27.9. The van der Waals surface area contributed by atoms with Gasteiger partial charge in [0.25, 0.3) is 0 Å². The number of carbonyl (C=O) groups excluding carboxylic acids is 8. The third-order valence-electron chi connectivity index (χ3n) is 15.9.